The van der Waals surface area contributed by atoms with Gasteiger partial charge in [0.05, 0.1) is 0 Å². The van der Waals surface area contributed by atoms with Gasteiger partial charge in [0.25, 0.3) is 0 Å². The van der Waals surface area contributed by atoms with Crippen molar-refractivity contribution in [2.24, 2.45) is 5.92 Å². The van der Waals surface area contributed by atoms with E-state index in [1.54, 1.807) is 24.3 Å². The molecule has 0 radical (unpaired) electrons. The second-order valence-corrected chi connectivity index (χ2v) is 5.10. The molecule has 1 aliphatic rings. The van der Waals surface area contributed by atoms with Crippen molar-refractivity contribution < 1.29 is 14.9 Å². The van der Waals surface area contributed by atoms with Crippen LogP contribution in [0.2, 0.25) is 0 Å². The summed E-state index contributed by atoms with van der Waals surface area (Å²) in [5, 5.41) is 18.8. The second-order valence-electron chi connectivity index (χ2n) is 5.10. The third-order valence-corrected chi connectivity index (χ3v) is 3.58. The van der Waals surface area contributed by atoms with E-state index in [4.69, 9.17) is 4.74 Å². The Labute approximate surface area is 112 Å². The Morgan fingerprint density at radius 3 is 2.42 bits per heavy atom. The summed E-state index contributed by atoms with van der Waals surface area (Å²) in [5.41, 5.74) is 2.10. The van der Waals surface area contributed by atoms with E-state index in [1.165, 1.54) is 0 Å². The molecule has 0 saturated heterocycles. The van der Waals surface area contributed by atoms with Crippen LogP contribution in [0.3, 0.4) is 0 Å². The zero-order chi connectivity index (χ0) is 13.4. The lowest BCUT2D eigenvalue weighted by Gasteiger charge is -2.32. The Hall–Kier alpha value is -2.16. The average molecular weight is 256 g/mol. The Bertz CT molecular complexity index is 589. The van der Waals surface area contributed by atoms with Crippen molar-refractivity contribution in [2.75, 3.05) is 0 Å². The van der Waals surface area contributed by atoms with Crippen LogP contribution in [-0.2, 0) is 6.42 Å². The standard InChI is InChI=1S/C16H16O3/c1-10-8-12-9-14(18)6-7-15(12)19-16(10)11-2-4-13(17)5-3-11/h2-7,9-10,16-18H,8H2,1H3/t10-,16+/m1/s1. The number of benzene rings is 2. The Kier molecular flexibility index (Phi) is 2.82. The van der Waals surface area contributed by atoms with Crippen LogP contribution in [0.25, 0.3) is 0 Å². The molecule has 1 heterocycles. The fraction of sp³-hybridized carbons (Fsp3) is 0.250. The van der Waals surface area contributed by atoms with Crippen molar-refractivity contribution in [1.82, 2.24) is 0 Å². The zero-order valence-electron chi connectivity index (χ0n) is 10.7. The van der Waals surface area contributed by atoms with Crippen LogP contribution >= 0.6 is 0 Å². The lowest BCUT2D eigenvalue weighted by Crippen LogP contribution is -2.23. The van der Waals surface area contributed by atoms with Gasteiger partial charge in [0, 0.05) is 5.92 Å². The molecule has 0 unspecified atom stereocenters. The monoisotopic (exact) mass is 256 g/mol. The minimum atomic E-state index is -0.0161. The molecule has 0 saturated carbocycles. The van der Waals surface area contributed by atoms with Gasteiger partial charge in [-0.05, 0) is 47.9 Å². The second kappa shape index (κ2) is 4.50. The SMILES string of the molecule is C[C@@H]1Cc2cc(O)ccc2O[C@@H]1c1ccc(O)cc1. The van der Waals surface area contributed by atoms with E-state index < -0.39 is 0 Å². The van der Waals surface area contributed by atoms with Crippen LogP contribution in [-0.4, -0.2) is 10.2 Å². The minimum absolute atomic E-state index is 0.0161. The van der Waals surface area contributed by atoms with Gasteiger partial charge in [-0.1, -0.05) is 19.1 Å². The smallest absolute Gasteiger partial charge is 0.127 e. The number of phenols is 2. The third kappa shape index (κ3) is 2.24. The summed E-state index contributed by atoms with van der Waals surface area (Å²) < 4.78 is 6.03. The van der Waals surface area contributed by atoms with E-state index >= 15 is 0 Å². The molecule has 0 fully saturated rings. The highest BCUT2D eigenvalue weighted by molar-refractivity contribution is 5.42. The molecule has 0 aliphatic carbocycles. The zero-order valence-corrected chi connectivity index (χ0v) is 10.7. The number of rotatable bonds is 1. The number of fused-ring (bicyclic) bond motifs is 1. The highest BCUT2D eigenvalue weighted by Gasteiger charge is 2.28. The van der Waals surface area contributed by atoms with Crippen LogP contribution in [0, 0.1) is 5.92 Å². The van der Waals surface area contributed by atoms with E-state index in [0.29, 0.717) is 5.92 Å². The topological polar surface area (TPSA) is 49.7 Å². The number of hydrogen-bond acceptors (Lipinski definition) is 3. The number of hydrogen-bond donors (Lipinski definition) is 2. The molecule has 19 heavy (non-hydrogen) atoms. The summed E-state index contributed by atoms with van der Waals surface area (Å²) in [6.45, 7) is 2.13. The molecular weight excluding hydrogens is 240 g/mol. The molecule has 0 aromatic heterocycles. The van der Waals surface area contributed by atoms with Crippen LogP contribution in [0.5, 0.6) is 17.2 Å². The van der Waals surface area contributed by atoms with E-state index in [1.807, 2.05) is 18.2 Å². The van der Waals surface area contributed by atoms with Gasteiger partial charge in [0.1, 0.15) is 23.4 Å². The molecule has 0 spiro atoms. The minimum Gasteiger partial charge on any atom is -0.508 e. The number of ether oxygens (including phenoxy) is 1. The molecule has 2 atom stereocenters. The first-order valence-corrected chi connectivity index (χ1v) is 6.41. The molecule has 98 valence electrons. The molecule has 3 rings (SSSR count). The predicted molar refractivity (Wildman–Crippen MR) is 72.5 cm³/mol. The lowest BCUT2D eigenvalue weighted by atomic mass is 9.88. The van der Waals surface area contributed by atoms with Gasteiger partial charge in [0.2, 0.25) is 0 Å². The fourth-order valence-corrected chi connectivity index (χ4v) is 2.61. The first-order chi connectivity index (χ1) is 9.13. The molecular formula is C16H16O3. The summed E-state index contributed by atoms with van der Waals surface area (Å²) in [7, 11) is 0. The molecule has 2 aromatic rings. The van der Waals surface area contributed by atoms with Crippen molar-refractivity contribution >= 4 is 0 Å². The maximum absolute atomic E-state index is 9.50. The maximum Gasteiger partial charge on any atom is 0.127 e. The van der Waals surface area contributed by atoms with Crippen LogP contribution in [0.1, 0.15) is 24.2 Å². The van der Waals surface area contributed by atoms with Gasteiger partial charge in [0.15, 0.2) is 0 Å². The summed E-state index contributed by atoms with van der Waals surface area (Å²) in [5.74, 6) is 1.68. The van der Waals surface area contributed by atoms with Gasteiger partial charge in [-0.3, -0.25) is 0 Å². The highest BCUT2D eigenvalue weighted by atomic mass is 16.5. The molecule has 1 aliphatic heterocycles. The van der Waals surface area contributed by atoms with Crippen LogP contribution in [0.4, 0.5) is 0 Å². The van der Waals surface area contributed by atoms with Gasteiger partial charge in [-0.25, -0.2) is 0 Å². The first-order valence-electron chi connectivity index (χ1n) is 6.41. The van der Waals surface area contributed by atoms with E-state index in [9.17, 15) is 10.2 Å². The first kappa shape index (κ1) is 11.9. The molecule has 2 aromatic carbocycles. The molecule has 3 nitrogen and oxygen atoms in total. The van der Waals surface area contributed by atoms with Gasteiger partial charge in [-0.15, -0.1) is 0 Å². The van der Waals surface area contributed by atoms with Crippen molar-refractivity contribution in [3.05, 3.63) is 53.6 Å². The van der Waals surface area contributed by atoms with E-state index in [0.717, 1.165) is 23.3 Å². The molecule has 0 bridgehead atoms. The summed E-state index contributed by atoms with van der Waals surface area (Å²) in [4.78, 5) is 0. The van der Waals surface area contributed by atoms with Crippen LogP contribution in [0.15, 0.2) is 42.5 Å². The highest BCUT2D eigenvalue weighted by Crippen LogP contribution is 2.39. The van der Waals surface area contributed by atoms with Gasteiger partial charge >= 0.3 is 0 Å². The molecule has 2 N–H and O–H groups in total. The maximum atomic E-state index is 9.50. The fourth-order valence-electron chi connectivity index (χ4n) is 2.61. The summed E-state index contributed by atoms with van der Waals surface area (Å²) >= 11 is 0. The Morgan fingerprint density at radius 1 is 1.00 bits per heavy atom. The van der Waals surface area contributed by atoms with E-state index in [2.05, 4.69) is 6.92 Å². The average Bonchev–Trinajstić information content (AvgIpc) is 2.39. The number of phenolic OH excluding ortho intramolecular Hbond substituents is 2. The van der Waals surface area contributed by atoms with Crippen molar-refractivity contribution in [3.63, 3.8) is 0 Å². The van der Waals surface area contributed by atoms with Crippen molar-refractivity contribution in [2.45, 2.75) is 19.4 Å². The predicted octanol–water partition coefficient (Wildman–Crippen LogP) is 3.41. The van der Waals surface area contributed by atoms with Crippen molar-refractivity contribution in [1.29, 1.82) is 0 Å². The normalized spacial score (nSPS) is 21.5. The van der Waals surface area contributed by atoms with Gasteiger partial charge in [-0.2, -0.15) is 0 Å². The lowest BCUT2D eigenvalue weighted by molar-refractivity contribution is 0.123. The largest absolute Gasteiger partial charge is 0.508 e. The molecule has 0 amide bonds. The quantitative estimate of drug-likeness (QED) is 0.822. The van der Waals surface area contributed by atoms with E-state index in [-0.39, 0.29) is 17.6 Å². The van der Waals surface area contributed by atoms with Crippen LogP contribution < -0.4 is 4.74 Å². The number of aromatic hydroxyl groups is 2. The Morgan fingerprint density at radius 2 is 1.68 bits per heavy atom. The van der Waals surface area contributed by atoms with Gasteiger partial charge < -0.3 is 14.9 Å². The third-order valence-electron chi connectivity index (χ3n) is 3.58. The van der Waals surface area contributed by atoms with Crippen molar-refractivity contribution in [3.8, 4) is 17.2 Å². The Balaban J connectivity index is 1.93. The summed E-state index contributed by atoms with van der Waals surface area (Å²) in [6.07, 6.45) is 0.854. The molecule has 3 heteroatoms. The summed E-state index contributed by atoms with van der Waals surface area (Å²) in [6, 6.07) is 12.4.